The molecule has 147 heavy (non-hydrogen) atoms. The van der Waals surface area contributed by atoms with Gasteiger partial charge in [-0.25, -0.2) is 28.3 Å². The van der Waals surface area contributed by atoms with Gasteiger partial charge in [-0.05, 0) is 252 Å². The summed E-state index contributed by atoms with van der Waals surface area (Å²) in [4.78, 5) is 89.5. The molecule has 0 saturated carbocycles. The smallest absolute Gasteiger partial charge is 0.505 e. The molecule has 16 rings (SSSR count). The van der Waals surface area contributed by atoms with E-state index >= 15 is 0 Å². The SMILES string of the molecule is C.C.C.C.C.C[Si](C)(C)CCOCCl.C[Si](C)(C)CCOCn1c(=O)oc2c(Br)cccc21.Cc1cc(=O)n(-c2ccc(OC(F)(F)F)cc2)cc1-c1cccc2[nH]c(=O)oc12.Cc1cc(=O)n(-c2ccc(OC(F)(F)F)cc2)cc1-c1cccc2c1oc(=O)n2COCC[Si](C)(C)C.Cc1cc(=O)n(-c2ccc(OC(F)(F)F)cc2)cc1B1OC(C)(C)C(C)(C)O1.Nc1cccc(Br)c1O.O=c1[nH]c2cccc(Br)c2o1. The molecule has 0 unspecified atom stereocenters. The third kappa shape index (κ3) is 35.8. The molecule has 15 aromatic rings. The number of aromatic hydroxyl groups is 1. The van der Waals surface area contributed by atoms with Gasteiger partial charge < -0.3 is 66.2 Å². The Balaban J connectivity index is 0.000000316. The molecule has 7 aromatic heterocycles. The maximum atomic E-state index is 12.7. The molecule has 0 spiro atoms. The Morgan fingerprint density at radius 1 is 0.415 bits per heavy atom. The maximum absolute atomic E-state index is 12.7. The molecule has 8 aromatic carbocycles. The second kappa shape index (κ2) is 53.0. The number of anilines is 1. The number of fused-ring (bicyclic) bond motifs is 4. The van der Waals surface area contributed by atoms with Crippen molar-refractivity contribution in [3.63, 3.8) is 0 Å². The van der Waals surface area contributed by atoms with Crippen LogP contribution in [0, 0.1) is 20.8 Å². The summed E-state index contributed by atoms with van der Waals surface area (Å²) in [7, 11) is -3.92. The van der Waals surface area contributed by atoms with Crippen LogP contribution in [0.1, 0.15) is 81.5 Å². The summed E-state index contributed by atoms with van der Waals surface area (Å²) in [5.41, 5.74) is 14.2. The van der Waals surface area contributed by atoms with E-state index in [-0.39, 0.29) is 90.3 Å². The minimum absolute atomic E-state index is 0. The van der Waals surface area contributed by atoms with Crippen LogP contribution < -0.4 is 65.1 Å². The summed E-state index contributed by atoms with van der Waals surface area (Å²) in [5, 5.41) is 9.03. The van der Waals surface area contributed by atoms with E-state index in [9.17, 15) is 73.1 Å². The van der Waals surface area contributed by atoms with Crippen LogP contribution in [0.2, 0.25) is 77.1 Å². The second-order valence-corrected chi connectivity index (χ2v) is 56.5. The molecule has 0 amide bonds. The number of alkyl halides is 10. The molecule has 45 heteroatoms. The number of aryl methyl sites for hydroxylation is 3. The number of hydrogen-bond donors (Lipinski definition) is 4. The van der Waals surface area contributed by atoms with Crippen molar-refractivity contribution in [3.05, 3.63) is 304 Å². The van der Waals surface area contributed by atoms with Crippen molar-refractivity contribution in [1.29, 1.82) is 0 Å². The van der Waals surface area contributed by atoms with Gasteiger partial charge in [0.05, 0.1) is 52.4 Å². The van der Waals surface area contributed by atoms with Gasteiger partial charge >= 0.3 is 49.2 Å². The lowest BCUT2D eigenvalue weighted by atomic mass is 9.77. The van der Waals surface area contributed by atoms with Crippen LogP contribution in [0.15, 0.2) is 265 Å². The average Bonchev–Trinajstić information content (AvgIpc) is 1.67. The molecule has 0 aliphatic carbocycles. The highest BCUT2D eigenvalue weighted by molar-refractivity contribution is 9.11. The van der Waals surface area contributed by atoms with Crippen LogP contribution in [0.3, 0.4) is 0 Å². The number of hydrogen-bond acceptors (Lipinski definition) is 21. The van der Waals surface area contributed by atoms with Gasteiger partial charge in [-0.3, -0.25) is 38.1 Å². The van der Waals surface area contributed by atoms with Crippen LogP contribution in [0.25, 0.3) is 83.7 Å². The molecule has 0 atom stereocenters. The Morgan fingerprint density at radius 3 is 1.12 bits per heavy atom. The minimum atomic E-state index is -4.81. The number of phenolic OH excluding ortho intramolecular Hbond substituents is 1. The van der Waals surface area contributed by atoms with Crippen LogP contribution in [0.5, 0.6) is 23.0 Å². The zero-order valence-electron chi connectivity index (χ0n) is 79.9. The highest BCUT2D eigenvalue weighted by Crippen LogP contribution is 2.39. The predicted molar refractivity (Wildman–Crippen MR) is 581 cm³/mol. The van der Waals surface area contributed by atoms with Gasteiger partial charge in [0.1, 0.15) is 36.8 Å². The first-order chi connectivity index (χ1) is 66.2. The highest BCUT2D eigenvalue weighted by Gasteiger charge is 2.52. The average molecular weight is 2320 g/mol. The van der Waals surface area contributed by atoms with E-state index in [0.717, 1.165) is 69.6 Å². The fourth-order valence-electron chi connectivity index (χ4n) is 13.5. The molecule has 1 saturated heterocycles. The number of phenols is 1. The van der Waals surface area contributed by atoms with Gasteiger partial charge in [0.2, 0.25) is 0 Å². The van der Waals surface area contributed by atoms with E-state index in [1.165, 1.54) is 83.5 Å². The summed E-state index contributed by atoms with van der Waals surface area (Å²) in [6.45, 7) is 36.0. The molecule has 0 radical (unpaired) electrons. The van der Waals surface area contributed by atoms with Crippen molar-refractivity contribution >= 4 is 146 Å². The van der Waals surface area contributed by atoms with Crippen molar-refractivity contribution in [1.82, 2.24) is 32.8 Å². The summed E-state index contributed by atoms with van der Waals surface area (Å²) in [6.07, 6.45) is -9.65. The number of pyridine rings is 3. The zero-order chi connectivity index (χ0) is 105. The Hall–Kier alpha value is -11.7. The fraction of sp³-hybridized carbons (Fsp3) is 0.343. The second-order valence-electron chi connectivity index (χ2n) is 36.9. The number of benzene rings is 8. The number of aromatic amines is 2. The Morgan fingerprint density at radius 2 is 0.741 bits per heavy atom. The fourth-order valence-corrected chi connectivity index (χ4v) is 17.1. The van der Waals surface area contributed by atoms with Crippen LogP contribution in [0.4, 0.5) is 45.2 Å². The van der Waals surface area contributed by atoms with E-state index in [1.54, 1.807) is 100 Å². The van der Waals surface area contributed by atoms with Crippen molar-refractivity contribution in [3.8, 4) is 62.3 Å². The number of nitrogen functional groups attached to an aromatic ring is 1. The van der Waals surface area contributed by atoms with Crippen molar-refractivity contribution in [2.24, 2.45) is 0 Å². The minimum Gasteiger partial charge on any atom is -0.505 e. The first-order valence-corrected chi connectivity index (χ1v) is 57.8. The number of nitrogens with one attached hydrogen (secondary N) is 2. The maximum Gasteiger partial charge on any atom is 0.573 e. The Labute approximate surface area is 877 Å². The molecule has 0 bridgehead atoms. The third-order valence-electron chi connectivity index (χ3n) is 21.7. The highest BCUT2D eigenvalue weighted by atomic mass is 79.9. The molecule has 28 nitrogen and oxygen atoms in total. The van der Waals surface area contributed by atoms with Gasteiger partial charge in [0.25, 0.3) is 16.7 Å². The topological polar surface area (TPSA) is 348 Å². The summed E-state index contributed by atoms with van der Waals surface area (Å²) < 4.78 is 181. The van der Waals surface area contributed by atoms with E-state index in [2.05, 4.69) is 131 Å². The van der Waals surface area contributed by atoms with Crippen molar-refractivity contribution < 1.29 is 100 Å². The van der Waals surface area contributed by atoms with Crippen LogP contribution in [-0.2, 0) is 37.0 Å². The number of H-pyrrole nitrogens is 2. The molecule has 1 fully saturated rings. The largest absolute Gasteiger partial charge is 0.573 e. The first kappa shape index (κ1) is 126. The Bertz CT molecular complexity index is 7310. The lowest BCUT2D eigenvalue weighted by molar-refractivity contribution is -0.275. The lowest BCUT2D eigenvalue weighted by Crippen LogP contribution is -2.41. The Kier molecular flexibility index (Phi) is 45.3. The number of nitrogens with two attached hydrogens (primary N) is 1. The molecule has 8 heterocycles. The number of ether oxygens (including phenoxy) is 6. The number of para-hydroxylation sites is 5. The summed E-state index contributed by atoms with van der Waals surface area (Å²) in [6, 6.07) is 49.5. The van der Waals surface area contributed by atoms with E-state index in [4.69, 9.17) is 63.6 Å². The monoisotopic (exact) mass is 2320 g/mol. The quantitative estimate of drug-likeness (QED) is 0.0115. The van der Waals surface area contributed by atoms with Crippen molar-refractivity contribution in [2.45, 2.75) is 206 Å². The standard InChI is InChI=1S/C26H27F3N2O5Si.C20H13F3N2O4.C19H21BF3NO4.C13H18BrNO3Si.C7H4BrNO2.C6H6BrNO.C6H15ClOSi.5CH4/c1-17-14-23(32)30(18-8-10-19(11-9-18)36-26(27,28)29)15-21(17)20-6-5-7-22-24(20)35-25(33)31(22)16-34-12-13-37(2,3)4;1-11-9-17(26)25(12-5-7-13(8-6-12)29-20(21,22)23)10-15(11)14-3-2-4-16-18(14)28-19(27)24-16;1-12-10-16(25)24(13-6-8-14(9-7-13)26-19(21,22)23)11-15(12)20-27-17(2,3)18(4,5)28-20;1-19(2,3)8-7-17-9-15-11-6-4-5-10(14)12(11)18-13(15)16;8-4-2-1-3-5-6(4)11-7(10)9-5;7-4-2-1-3-5(8)6(4)9;1-9(2,3)5-4-8-6-7;;;;;/h5-11,14-15H,12-13,16H2,1-4H3;2-10H,1H3,(H,24,27);6-11H,1-5H3;4-6H,7-9H2,1-3H3;1-3H,(H,9,10);1-3,9H,8H2;4-6H2,1-3H3;5*1H4. The van der Waals surface area contributed by atoms with Gasteiger partial charge in [-0.15, -0.1) is 39.5 Å². The van der Waals surface area contributed by atoms with Gasteiger partial charge in [0, 0.05) is 126 Å². The van der Waals surface area contributed by atoms with Gasteiger partial charge in [0.15, 0.2) is 28.1 Å². The van der Waals surface area contributed by atoms with Crippen LogP contribution >= 0.6 is 59.4 Å². The van der Waals surface area contributed by atoms with E-state index in [1.807, 2.05) is 58.0 Å². The third-order valence-corrected chi connectivity index (χ3v) is 28.8. The van der Waals surface area contributed by atoms with E-state index < -0.39 is 84.6 Å². The van der Waals surface area contributed by atoms with E-state index in [0.29, 0.717) is 130 Å². The van der Waals surface area contributed by atoms with Crippen molar-refractivity contribution in [2.75, 3.05) is 31.6 Å². The summed E-state index contributed by atoms with van der Waals surface area (Å²) in [5.74, 6) is -2.99. The number of nitrogens with zero attached hydrogens (tertiary/aromatic N) is 5. The number of aromatic nitrogens is 7. The predicted octanol–water partition coefficient (Wildman–Crippen LogP) is 26.4. The molecular weight excluding hydrogens is 2200 g/mol. The molecule has 1 aliphatic rings. The van der Waals surface area contributed by atoms with Crippen LogP contribution in [-0.4, -0.2) is 125 Å². The first-order valence-electron chi connectivity index (χ1n) is 43.7. The summed E-state index contributed by atoms with van der Waals surface area (Å²) >= 11 is 15.1. The molecule has 1 aliphatic heterocycles. The lowest BCUT2D eigenvalue weighted by Gasteiger charge is -2.32. The normalized spacial score (nSPS) is 12.6. The van der Waals surface area contributed by atoms with Gasteiger partial charge in [-0.1, -0.05) is 150 Å². The molecule has 798 valence electrons. The zero-order valence-corrected chi connectivity index (χ0v) is 88.4. The number of halogens is 13. The van der Waals surface area contributed by atoms with Gasteiger partial charge in [-0.2, -0.15) is 0 Å². The number of oxazole rings is 4. The molecule has 5 N–H and O–H groups in total. The number of rotatable bonds is 23. The molecular formula is C102H124BBr3ClF9N8O20Si3.